The van der Waals surface area contributed by atoms with Crippen molar-refractivity contribution in [2.24, 2.45) is 10.8 Å². The number of rotatable bonds is 8. The average Bonchev–Trinajstić information content (AvgIpc) is 2.92. The molecule has 234 valence electrons. The van der Waals surface area contributed by atoms with Crippen molar-refractivity contribution in [1.29, 1.82) is 0 Å². The SMILES string of the molecule is CCCN1C2=C(C(=O)CC(C)(C)C2)C(c2cc(I)c(OCC(=O)Nc3ccccc3C)c(OC)c2)C2=C1CC(C)(C)CC2=O. The van der Waals surface area contributed by atoms with Crippen molar-refractivity contribution >= 4 is 45.8 Å². The van der Waals surface area contributed by atoms with E-state index >= 15 is 0 Å². The monoisotopic (exact) mass is 710 g/mol. The van der Waals surface area contributed by atoms with E-state index in [1.807, 2.05) is 43.3 Å². The summed E-state index contributed by atoms with van der Waals surface area (Å²) in [7, 11) is 1.57. The zero-order valence-electron chi connectivity index (χ0n) is 26.9. The number of halogens is 1. The number of ether oxygens (including phenoxy) is 2. The Morgan fingerprint density at radius 2 is 1.57 bits per heavy atom. The highest BCUT2D eigenvalue weighted by Gasteiger charge is 2.49. The summed E-state index contributed by atoms with van der Waals surface area (Å²) >= 11 is 2.19. The number of benzene rings is 2. The van der Waals surface area contributed by atoms with Gasteiger partial charge in [-0.3, -0.25) is 14.4 Å². The molecule has 5 rings (SSSR count). The summed E-state index contributed by atoms with van der Waals surface area (Å²) in [6, 6.07) is 11.4. The van der Waals surface area contributed by atoms with Crippen LogP contribution in [0.25, 0.3) is 0 Å². The van der Waals surface area contributed by atoms with Crippen LogP contribution in [0.3, 0.4) is 0 Å². The molecule has 0 fully saturated rings. The number of carbonyl (C=O) groups excluding carboxylic acids is 3. The van der Waals surface area contributed by atoms with Gasteiger partial charge >= 0.3 is 0 Å². The lowest BCUT2D eigenvalue weighted by molar-refractivity contribution is -0.120. The van der Waals surface area contributed by atoms with Gasteiger partial charge in [-0.05, 0) is 88.9 Å². The molecule has 0 unspecified atom stereocenters. The maximum absolute atomic E-state index is 14.0. The number of hydrogen-bond donors (Lipinski definition) is 1. The van der Waals surface area contributed by atoms with Gasteiger partial charge in [0.2, 0.25) is 0 Å². The van der Waals surface area contributed by atoms with Gasteiger partial charge in [-0.2, -0.15) is 0 Å². The predicted octanol–water partition coefficient (Wildman–Crippen LogP) is 7.72. The van der Waals surface area contributed by atoms with Gasteiger partial charge in [-0.25, -0.2) is 0 Å². The number of nitrogens with one attached hydrogen (secondary N) is 1. The third-order valence-corrected chi connectivity index (χ3v) is 9.62. The van der Waals surface area contributed by atoms with Crippen LogP contribution < -0.4 is 14.8 Å². The van der Waals surface area contributed by atoms with Crippen LogP contribution in [0.2, 0.25) is 0 Å². The molecule has 44 heavy (non-hydrogen) atoms. The molecule has 2 aromatic carbocycles. The van der Waals surface area contributed by atoms with Gasteiger partial charge in [-0.15, -0.1) is 0 Å². The minimum atomic E-state index is -0.471. The molecule has 1 N–H and O–H groups in total. The van der Waals surface area contributed by atoms with Crippen molar-refractivity contribution < 1.29 is 23.9 Å². The lowest BCUT2D eigenvalue weighted by Gasteiger charge is -2.49. The number of carbonyl (C=O) groups is 3. The highest BCUT2D eigenvalue weighted by molar-refractivity contribution is 14.1. The van der Waals surface area contributed by atoms with E-state index in [9.17, 15) is 14.4 Å². The molecule has 0 aromatic heterocycles. The molecule has 0 saturated heterocycles. The zero-order chi connectivity index (χ0) is 32.0. The molecule has 0 radical (unpaired) electrons. The number of hydrogen-bond acceptors (Lipinski definition) is 6. The fraction of sp³-hybridized carbons (Fsp3) is 0.472. The highest BCUT2D eigenvalue weighted by Crippen LogP contribution is 2.55. The summed E-state index contributed by atoms with van der Waals surface area (Å²) in [5.41, 5.74) is 5.81. The first-order valence-corrected chi connectivity index (χ1v) is 16.5. The lowest BCUT2D eigenvalue weighted by atomic mass is 9.63. The molecule has 2 aromatic rings. The minimum absolute atomic E-state index is 0.105. The van der Waals surface area contributed by atoms with Crippen molar-refractivity contribution in [3.05, 3.63) is 73.6 Å². The lowest BCUT2D eigenvalue weighted by Crippen LogP contribution is -2.44. The highest BCUT2D eigenvalue weighted by atomic mass is 127. The van der Waals surface area contributed by atoms with Gasteiger partial charge in [-0.1, -0.05) is 52.8 Å². The summed E-state index contributed by atoms with van der Waals surface area (Å²) in [6.07, 6.45) is 3.35. The summed E-state index contributed by atoms with van der Waals surface area (Å²) in [5.74, 6) is 0.377. The van der Waals surface area contributed by atoms with E-state index in [2.05, 4.69) is 67.4 Å². The quantitative estimate of drug-likeness (QED) is 0.283. The molecule has 1 aliphatic heterocycles. The number of ketones is 2. The van der Waals surface area contributed by atoms with Gasteiger partial charge in [0.1, 0.15) is 0 Å². The van der Waals surface area contributed by atoms with Crippen LogP contribution in [0, 0.1) is 21.3 Å². The summed E-state index contributed by atoms with van der Waals surface area (Å²) in [6.45, 7) is 13.3. The minimum Gasteiger partial charge on any atom is -0.493 e. The second-order valence-electron chi connectivity index (χ2n) is 13.9. The molecular weight excluding hydrogens is 667 g/mol. The van der Waals surface area contributed by atoms with E-state index in [0.717, 1.165) is 68.7 Å². The Kier molecular flexibility index (Phi) is 9.04. The van der Waals surface area contributed by atoms with Crippen LogP contribution in [0.5, 0.6) is 11.5 Å². The first-order chi connectivity index (χ1) is 20.7. The summed E-state index contributed by atoms with van der Waals surface area (Å²) in [4.78, 5) is 43.1. The number of nitrogens with zero attached hydrogens (tertiary/aromatic N) is 1. The van der Waals surface area contributed by atoms with E-state index < -0.39 is 5.92 Å². The smallest absolute Gasteiger partial charge is 0.262 e. The molecule has 1 heterocycles. The molecular formula is C36H43IN2O5. The number of allylic oxidation sites excluding steroid dienone is 4. The first-order valence-electron chi connectivity index (χ1n) is 15.4. The van der Waals surface area contributed by atoms with Gasteiger partial charge in [0, 0.05) is 53.5 Å². The Morgan fingerprint density at radius 3 is 2.11 bits per heavy atom. The Balaban J connectivity index is 1.57. The first kappa shape index (κ1) is 32.3. The number of methoxy groups -OCH3 is 1. The van der Waals surface area contributed by atoms with Gasteiger partial charge < -0.3 is 19.7 Å². The Labute approximate surface area is 274 Å². The van der Waals surface area contributed by atoms with Crippen molar-refractivity contribution in [2.75, 3.05) is 25.6 Å². The van der Waals surface area contributed by atoms with E-state index in [-0.39, 0.29) is 34.9 Å². The number of Topliss-reactive ketones (excluding diaryl/α,β-unsaturated/α-hetero) is 2. The molecule has 3 aliphatic rings. The maximum Gasteiger partial charge on any atom is 0.262 e. The second kappa shape index (κ2) is 12.3. The largest absolute Gasteiger partial charge is 0.493 e. The molecule has 0 saturated carbocycles. The summed E-state index contributed by atoms with van der Waals surface area (Å²) < 4.78 is 12.6. The van der Waals surface area contributed by atoms with Gasteiger partial charge in [0.05, 0.1) is 10.7 Å². The zero-order valence-corrected chi connectivity index (χ0v) is 29.0. The molecule has 1 amide bonds. The normalized spacial score (nSPS) is 19.5. The fourth-order valence-electron chi connectivity index (χ4n) is 6.96. The van der Waals surface area contributed by atoms with Crippen molar-refractivity contribution in [3.63, 3.8) is 0 Å². The number of anilines is 1. The number of para-hydroxylation sites is 1. The average molecular weight is 711 g/mol. The van der Waals surface area contributed by atoms with Crippen LogP contribution >= 0.6 is 22.6 Å². The Bertz CT molecular complexity index is 1530. The fourth-order valence-corrected chi connectivity index (χ4v) is 7.74. The van der Waals surface area contributed by atoms with E-state index in [0.29, 0.717) is 24.3 Å². The van der Waals surface area contributed by atoms with Gasteiger partial charge in [0.15, 0.2) is 29.7 Å². The summed E-state index contributed by atoms with van der Waals surface area (Å²) in [5, 5.41) is 2.90. The molecule has 0 spiro atoms. The molecule has 0 bridgehead atoms. The third kappa shape index (κ3) is 6.32. The van der Waals surface area contributed by atoms with Crippen LogP contribution in [0.15, 0.2) is 58.9 Å². The van der Waals surface area contributed by atoms with Crippen molar-refractivity contribution in [2.45, 2.75) is 79.6 Å². The van der Waals surface area contributed by atoms with Gasteiger partial charge in [0.25, 0.3) is 5.91 Å². The van der Waals surface area contributed by atoms with Crippen LogP contribution in [0.4, 0.5) is 5.69 Å². The molecule has 0 atom stereocenters. The molecule has 2 aliphatic carbocycles. The Hall–Kier alpha value is -3.14. The topological polar surface area (TPSA) is 84.9 Å². The van der Waals surface area contributed by atoms with Crippen LogP contribution in [0.1, 0.15) is 83.8 Å². The van der Waals surface area contributed by atoms with Crippen molar-refractivity contribution in [3.8, 4) is 11.5 Å². The molecule has 7 nitrogen and oxygen atoms in total. The number of aryl methyl sites for hydroxylation is 1. The van der Waals surface area contributed by atoms with Crippen LogP contribution in [-0.2, 0) is 14.4 Å². The Morgan fingerprint density at radius 1 is 0.977 bits per heavy atom. The van der Waals surface area contributed by atoms with E-state index in [4.69, 9.17) is 9.47 Å². The van der Waals surface area contributed by atoms with E-state index in [1.54, 1.807) is 7.11 Å². The van der Waals surface area contributed by atoms with Crippen molar-refractivity contribution in [1.82, 2.24) is 4.90 Å². The molecule has 8 heteroatoms. The predicted molar refractivity (Wildman–Crippen MR) is 181 cm³/mol. The maximum atomic E-state index is 14.0. The third-order valence-electron chi connectivity index (χ3n) is 8.82. The van der Waals surface area contributed by atoms with Crippen LogP contribution in [-0.4, -0.2) is 42.6 Å². The second-order valence-corrected chi connectivity index (χ2v) is 15.0. The standard InChI is InChI=1S/C36H43IN2O5/c1-8-13-39-25-16-35(3,4)18-27(40)32(25)31(33-26(39)17-36(5,6)19-28(33)41)22-14-23(37)34(29(15-22)43-7)44-20-30(42)38-24-12-10-9-11-21(24)2/h9-12,14-15,31H,8,13,16-20H2,1-7H3,(H,38,42). The number of amides is 1. The van der Waals surface area contributed by atoms with E-state index in [1.165, 1.54) is 0 Å².